The van der Waals surface area contributed by atoms with Gasteiger partial charge < -0.3 is 10.2 Å². The molecule has 1 aliphatic rings. The zero-order valence-corrected chi connectivity index (χ0v) is 12.9. The van der Waals surface area contributed by atoms with Gasteiger partial charge in [-0.05, 0) is 25.3 Å². The standard InChI is InChI=1S/C17H22N4O/c1-2-21-13-15(11-18-21)19-16-9-6-10-20(17(16)22)12-14-7-4-3-5-8-14/h3-5,7-8,11,13,16,19H,2,6,9-10,12H2,1H3. The van der Waals surface area contributed by atoms with E-state index < -0.39 is 0 Å². The Morgan fingerprint density at radius 3 is 2.86 bits per heavy atom. The normalized spacial score (nSPS) is 18.5. The molecule has 1 aromatic heterocycles. The number of amides is 1. The summed E-state index contributed by atoms with van der Waals surface area (Å²) >= 11 is 0. The fraction of sp³-hybridized carbons (Fsp3) is 0.412. The van der Waals surface area contributed by atoms with Gasteiger partial charge in [-0.2, -0.15) is 5.10 Å². The lowest BCUT2D eigenvalue weighted by molar-refractivity contribution is -0.134. The first-order valence-corrected chi connectivity index (χ1v) is 7.88. The van der Waals surface area contributed by atoms with E-state index in [1.807, 2.05) is 40.9 Å². The third kappa shape index (κ3) is 3.30. The predicted octanol–water partition coefficient (Wildman–Crippen LogP) is 2.51. The van der Waals surface area contributed by atoms with Crippen molar-refractivity contribution in [2.45, 2.75) is 38.9 Å². The highest BCUT2D eigenvalue weighted by Crippen LogP contribution is 2.19. The molecule has 0 spiro atoms. The topological polar surface area (TPSA) is 50.2 Å². The van der Waals surface area contributed by atoms with E-state index in [0.29, 0.717) is 6.54 Å². The maximum atomic E-state index is 12.6. The van der Waals surface area contributed by atoms with Crippen LogP contribution in [0, 0.1) is 0 Å². The van der Waals surface area contributed by atoms with Crippen molar-refractivity contribution in [2.24, 2.45) is 0 Å². The van der Waals surface area contributed by atoms with Crippen molar-refractivity contribution in [2.75, 3.05) is 11.9 Å². The lowest BCUT2D eigenvalue weighted by Gasteiger charge is -2.33. The van der Waals surface area contributed by atoms with Crippen molar-refractivity contribution in [3.8, 4) is 0 Å². The van der Waals surface area contributed by atoms with Gasteiger partial charge >= 0.3 is 0 Å². The summed E-state index contributed by atoms with van der Waals surface area (Å²) in [6, 6.07) is 10.0. The summed E-state index contributed by atoms with van der Waals surface area (Å²) in [4.78, 5) is 14.6. The molecule has 1 fully saturated rings. The van der Waals surface area contributed by atoms with Crippen LogP contribution in [0.3, 0.4) is 0 Å². The van der Waals surface area contributed by atoms with Gasteiger partial charge in [0.25, 0.3) is 0 Å². The van der Waals surface area contributed by atoms with Crippen molar-refractivity contribution >= 4 is 11.6 Å². The fourth-order valence-corrected chi connectivity index (χ4v) is 2.85. The van der Waals surface area contributed by atoms with Crippen LogP contribution in [-0.2, 0) is 17.9 Å². The number of benzene rings is 1. The van der Waals surface area contributed by atoms with Crippen LogP contribution in [0.4, 0.5) is 5.69 Å². The second-order valence-corrected chi connectivity index (χ2v) is 5.67. The lowest BCUT2D eigenvalue weighted by atomic mass is 10.0. The molecule has 5 heteroatoms. The Labute approximate surface area is 130 Å². The molecule has 5 nitrogen and oxygen atoms in total. The fourth-order valence-electron chi connectivity index (χ4n) is 2.85. The summed E-state index contributed by atoms with van der Waals surface area (Å²) in [5, 5.41) is 7.57. The van der Waals surface area contributed by atoms with E-state index >= 15 is 0 Å². The largest absolute Gasteiger partial charge is 0.371 e. The number of hydrogen-bond donors (Lipinski definition) is 1. The third-order valence-electron chi connectivity index (χ3n) is 4.04. The molecule has 1 saturated heterocycles. The van der Waals surface area contributed by atoms with E-state index in [2.05, 4.69) is 22.5 Å². The van der Waals surface area contributed by atoms with Crippen LogP contribution >= 0.6 is 0 Å². The van der Waals surface area contributed by atoms with Crippen molar-refractivity contribution in [3.63, 3.8) is 0 Å². The van der Waals surface area contributed by atoms with E-state index in [1.165, 1.54) is 5.56 Å². The number of carbonyl (C=O) groups is 1. The van der Waals surface area contributed by atoms with Gasteiger partial charge in [0.1, 0.15) is 6.04 Å². The highest BCUT2D eigenvalue weighted by atomic mass is 16.2. The van der Waals surface area contributed by atoms with E-state index in [4.69, 9.17) is 0 Å². The van der Waals surface area contributed by atoms with Gasteiger partial charge in [0.2, 0.25) is 5.91 Å². The number of rotatable bonds is 5. The van der Waals surface area contributed by atoms with Gasteiger partial charge in [-0.3, -0.25) is 9.48 Å². The van der Waals surface area contributed by atoms with E-state index in [0.717, 1.165) is 31.6 Å². The predicted molar refractivity (Wildman–Crippen MR) is 86.4 cm³/mol. The van der Waals surface area contributed by atoms with E-state index in [-0.39, 0.29) is 11.9 Å². The minimum atomic E-state index is -0.146. The van der Waals surface area contributed by atoms with Gasteiger partial charge in [-0.15, -0.1) is 0 Å². The first kappa shape index (κ1) is 14.6. The van der Waals surface area contributed by atoms with Crippen LogP contribution in [0.15, 0.2) is 42.7 Å². The highest BCUT2D eigenvalue weighted by Gasteiger charge is 2.28. The van der Waals surface area contributed by atoms with Crippen molar-refractivity contribution in [3.05, 3.63) is 48.3 Å². The molecule has 2 aromatic rings. The Morgan fingerprint density at radius 1 is 1.32 bits per heavy atom. The molecular formula is C17H22N4O. The molecule has 0 radical (unpaired) electrons. The Bertz CT molecular complexity index is 623. The second-order valence-electron chi connectivity index (χ2n) is 5.67. The number of piperidine rings is 1. The molecule has 3 rings (SSSR count). The zero-order chi connectivity index (χ0) is 15.4. The number of nitrogens with zero attached hydrogens (tertiary/aromatic N) is 3. The van der Waals surface area contributed by atoms with E-state index in [9.17, 15) is 4.79 Å². The van der Waals surface area contributed by atoms with Crippen LogP contribution in [0.2, 0.25) is 0 Å². The van der Waals surface area contributed by atoms with Gasteiger partial charge in [0.15, 0.2) is 0 Å². The highest BCUT2D eigenvalue weighted by molar-refractivity contribution is 5.85. The summed E-state index contributed by atoms with van der Waals surface area (Å²) in [6.45, 7) is 4.40. The smallest absolute Gasteiger partial charge is 0.245 e. The Hall–Kier alpha value is -2.30. The SMILES string of the molecule is CCn1cc(NC2CCCN(Cc3ccccc3)C2=O)cn1. The number of likely N-dealkylation sites (tertiary alicyclic amines) is 1. The summed E-state index contributed by atoms with van der Waals surface area (Å²) in [6.07, 6.45) is 5.63. The quantitative estimate of drug-likeness (QED) is 0.922. The molecule has 1 atom stereocenters. The summed E-state index contributed by atoms with van der Waals surface area (Å²) in [5.41, 5.74) is 2.09. The van der Waals surface area contributed by atoms with Gasteiger partial charge in [-0.1, -0.05) is 30.3 Å². The average Bonchev–Trinajstić information content (AvgIpc) is 3.00. The lowest BCUT2D eigenvalue weighted by Crippen LogP contribution is -2.47. The molecule has 1 amide bonds. The van der Waals surface area contributed by atoms with Crippen molar-refractivity contribution < 1.29 is 4.79 Å². The molecule has 0 aliphatic carbocycles. The minimum Gasteiger partial charge on any atom is -0.371 e. The van der Waals surface area contributed by atoms with Crippen LogP contribution in [0.1, 0.15) is 25.3 Å². The first-order chi connectivity index (χ1) is 10.8. The molecule has 22 heavy (non-hydrogen) atoms. The number of aromatic nitrogens is 2. The summed E-state index contributed by atoms with van der Waals surface area (Å²) < 4.78 is 1.86. The number of carbonyl (C=O) groups excluding carboxylic acids is 1. The Morgan fingerprint density at radius 2 is 2.14 bits per heavy atom. The zero-order valence-electron chi connectivity index (χ0n) is 12.9. The molecule has 1 aliphatic heterocycles. The number of hydrogen-bond acceptors (Lipinski definition) is 3. The van der Waals surface area contributed by atoms with Crippen LogP contribution in [-0.4, -0.2) is 33.2 Å². The van der Waals surface area contributed by atoms with Crippen molar-refractivity contribution in [1.29, 1.82) is 0 Å². The summed E-state index contributed by atoms with van der Waals surface area (Å²) in [7, 11) is 0. The maximum Gasteiger partial charge on any atom is 0.245 e. The third-order valence-corrected chi connectivity index (χ3v) is 4.04. The first-order valence-electron chi connectivity index (χ1n) is 7.88. The van der Waals surface area contributed by atoms with E-state index in [1.54, 1.807) is 6.20 Å². The number of aryl methyl sites for hydroxylation is 1. The van der Waals surface area contributed by atoms with Gasteiger partial charge in [0.05, 0.1) is 11.9 Å². The Balaban J connectivity index is 1.64. The average molecular weight is 298 g/mol. The molecule has 0 bridgehead atoms. The molecular weight excluding hydrogens is 276 g/mol. The second kappa shape index (κ2) is 6.64. The summed E-state index contributed by atoms with van der Waals surface area (Å²) in [5.74, 6) is 0.180. The Kier molecular flexibility index (Phi) is 4.42. The molecule has 0 saturated carbocycles. The van der Waals surface area contributed by atoms with Gasteiger partial charge in [-0.25, -0.2) is 0 Å². The molecule has 1 unspecified atom stereocenters. The van der Waals surface area contributed by atoms with Crippen LogP contribution < -0.4 is 5.32 Å². The maximum absolute atomic E-state index is 12.6. The molecule has 2 heterocycles. The molecule has 1 aromatic carbocycles. The van der Waals surface area contributed by atoms with Crippen LogP contribution in [0.5, 0.6) is 0 Å². The molecule has 116 valence electrons. The van der Waals surface area contributed by atoms with Crippen molar-refractivity contribution in [1.82, 2.24) is 14.7 Å². The van der Waals surface area contributed by atoms with Gasteiger partial charge in [0, 0.05) is 25.8 Å². The number of nitrogens with one attached hydrogen (secondary N) is 1. The monoisotopic (exact) mass is 298 g/mol. The number of anilines is 1. The van der Waals surface area contributed by atoms with Crippen LogP contribution in [0.25, 0.3) is 0 Å². The minimum absolute atomic E-state index is 0.146. The molecule has 1 N–H and O–H groups in total.